The zero-order chi connectivity index (χ0) is 21.8. The number of amides is 1. The number of para-hydroxylation sites is 1. The van der Waals surface area contributed by atoms with E-state index in [1.807, 2.05) is 62.4 Å². The Morgan fingerprint density at radius 1 is 1.19 bits per heavy atom. The first kappa shape index (κ1) is 21.3. The van der Waals surface area contributed by atoms with Gasteiger partial charge in [0, 0.05) is 49.4 Å². The molecule has 3 aromatic rings. The average Bonchev–Trinajstić information content (AvgIpc) is 2.80. The lowest BCUT2D eigenvalue weighted by molar-refractivity contribution is 0.0939. The average molecular weight is 419 g/mol. The quantitative estimate of drug-likeness (QED) is 0.642. The Morgan fingerprint density at radius 3 is 2.74 bits per heavy atom. The summed E-state index contributed by atoms with van der Waals surface area (Å²) in [7, 11) is 1.65. The molecule has 0 spiro atoms. The number of rotatable bonds is 6. The van der Waals surface area contributed by atoms with Crippen molar-refractivity contribution in [2.24, 2.45) is 0 Å². The molecule has 0 aliphatic carbocycles. The number of methoxy groups -OCH3 is 1. The van der Waals surface area contributed by atoms with Crippen LogP contribution in [0.3, 0.4) is 0 Å². The molecule has 1 amide bonds. The van der Waals surface area contributed by atoms with Crippen LogP contribution in [0.5, 0.6) is 5.75 Å². The van der Waals surface area contributed by atoms with Gasteiger partial charge in [0.2, 0.25) is 0 Å². The number of aromatic nitrogens is 1. The van der Waals surface area contributed by atoms with Crippen LogP contribution in [0.1, 0.15) is 40.1 Å². The second kappa shape index (κ2) is 9.45. The van der Waals surface area contributed by atoms with Crippen molar-refractivity contribution in [2.75, 3.05) is 33.3 Å². The van der Waals surface area contributed by atoms with Gasteiger partial charge in [0.25, 0.3) is 5.91 Å². The highest BCUT2D eigenvalue weighted by Gasteiger charge is 2.23. The van der Waals surface area contributed by atoms with Gasteiger partial charge in [-0.25, -0.2) is 0 Å². The van der Waals surface area contributed by atoms with E-state index in [1.54, 1.807) is 7.11 Å². The molecule has 2 heterocycles. The maximum Gasteiger partial charge on any atom is 0.252 e. The van der Waals surface area contributed by atoms with Gasteiger partial charge in [0.15, 0.2) is 0 Å². The Labute approximate surface area is 183 Å². The molecule has 1 aromatic heterocycles. The maximum atomic E-state index is 13.6. The molecule has 1 atom stereocenters. The normalized spacial score (nSPS) is 15.6. The van der Waals surface area contributed by atoms with Crippen LogP contribution in [0.2, 0.25) is 0 Å². The molecule has 0 saturated carbocycles. The Morgan fingerprint density at radius 2 is 1.97 bits per heavy atom. The van der Waals surface area contributed by atoms with E-state index >= 15 is 0 Å². The highest BCUT2D eigenvalue weighted by atomic mass is 16.5. The van der Waals surface area contributed by atoms with E-state index in [2.05, 4.69) is 15.5 Å². The van der Waals surface area contributed by atoms with Crippen LogP contribution >= 0.6 is 0 Å². The second-order valence-corrected chi connectivity index (χ2v) is 8.07. The van der Waals surface area contributed by atoms with Crippen molar-refractivity contribution >= 4 is 16.8 Å². The number of piperazine rings is 1. The molecule has 1 aliphatic rings. The van der Waals surface area contributed by atoms with E-state index < -0.39 is 0 Å². The van der Waals surface area contributed by atoms with E-state index in [4.69, 9.17) is 9.72 Å². The van der Waals surface area contributed by atoms with E-state index in [9.17, 15) is 4.79 Å². The number of hydrogen-bond acceptors (Lipinski definition) is 5. The number of hydrogen-bond donors (Lipinski definition) is 2. The molecule has 1 saturated heterocycles. The van der Waals surface area contributed by atoms with E-state index in [-0.39, 0.29) is 11.9 Å². The van der Waals surface area contributed by atoms with Crippen molar-refractivity contribution in [1.29, 1.82) is 0 Å². The molecule has 2 aromatic carbocycles. The summed E-state index contributed by atoms with van der Waals surface area (Å²) in [5.74, 6) is 0.713. The second-order valence-electron chi connectivity index (χ2n) is 8.07. The fraction of sp³-hybridized carbons (Fsp3) is 0.360. The fourth-order valence-corrected chi connectivity index (χ4v) is 4.18. The SMILES string of the molecule is COc1cccc([C@H](C)NC(=O)c2c(CN3CCNCC3)c(C)nc3ccccc23)c1. The van der Waals surface area contributed by atoms with Gasteiger partial charge >= 0.3 is 0 Å². The van der Waals surface area contributed by atoms with Gasteiger partial charge in [-0.05, 0) is 37.6 Å². The number of nitrogens with one attached hydrogen (secondary N) is 2. The minimum atomic E-state index is -0.151. The number of nitrogens with zero attached hydrogens (tertiary/aromatic N) is 2. The first-order valence-corrected chi connectivity index (χ1v) is 10.8. The smallest absolute Gasteiger partial charge is 0.252 e. The summed E-state index contributed by atoms with van der Waals surface area (Å²) in [6.07, 6.45) is 0. The molecular weight excluding hydrogens is 388 g/mol. The molecule has 0 bridgehead atoms. The van der Waals surface area contributed by atoms with Gasteiger partial charge in [-0.15, -0.1) is 0 Å². The Bertz CT molecular complexity index is 1080. The van der Waals surface area contributed by atoms with Crippen LogP contribution in [0.15, 0.2) is 48.5 Å². The summed E-state index contributed by atoms with van der Waals surface area (Å²) in [4.78, 5) is 20.8. The highest BCUT2D eigenvalue weighted by molar-refractivity contribution is 6.07. The fourth-order valence-electron chi connectivity index (χ4n) is 4.18. The third-order valence-corrected chi connectivity index (χ3v) is 5.96. The molecule has 6 nitrogen and oxygen atoms in total. The lowest BCUT2D eigenvalue weighted by Crippen LogP contribution is -2.43. The monoisotopic (exact) mass is 418 g/mol. The van der Waals surface area contributed by atoms with Gasteiger partial charge in [-0.3, -0.25) is 14.7 Å². The summed E-state index contributed by atoms with van der Waals surface area (Å²) >= 11 is 0. The van der Waals surface area contributed by atoms with Crippen molar-refractivity contribution in [3.8, 4) is 5.75 Å². The van der Waals surface area contributed by atoms with Crippen LogP contribution < -0.4 is 15.4 Å². The zero-order valence-electron chi connectivity index (χ0n) is 18.4. The van der Waals surface area contributed by atoms with Crippen molar-refractivity contribution in [3.63, 3.8) is 0 Å². The molecule has 1 fully saturated rings. The van der Waals surface area contributed by atoms with Gasteiger partial charge in [0.05, 0.1) is 24.2 Å². The minimum absolute atomic E-state index is 0.0674. The first-order valence-electron chi connectivity index (χ1n) is 10.8. The van der Waals surface area contributed by atoms with E-state index in [0.29, 0.717) is 0 Å². The van der Waals surface area contributed by atoms with E-state index in [0.717, 1.165) is 71.8 Å². The first-order chi connectivity index (χ1) is 15.1. The Balaban J connectivity index is 1.69. The van der Waals surface area contributed by atoms with Crippen molar-refractivity contribution in [1.82, 2.24) is 20.5 Å². The maximum absolute atomic E-state index is 13.6. The molecule has 0 unspecified atom stereocenters. The third kappa shape index (κ3) is 4.70. The number of carbonyl (C=O) groups is 1. The van der Waals surface area contributed by atoms with E-state index in [1.165, 1.54) is 0 Å². The predicted molar refractivity (Wildman–Crippen MR) is 124 cm³/mol. The van der Waals surface area contributed by atoms with Crippen LogP contribution in [0, 0.1) is 6.92 Å². The summed E-state index contributed by atoms with van der Waals surface area (Å²) < 4.78 is 5.34. The molecule has 162 valence electrons. The topological polar surface area (TPSA) is 66.5 Å². The Hall–Kier alpha value is -2.96. The lowest BCUT2D eigenvalue weighted by atomic mass is 9.98. The van der Waals surface area contributed by atoms with Crippen LogP contribution in [-0.4, -0.2) is 49.1 Å². The van der Waals surface area contributed by atoms with Crippen LogP contribution in [0.25, 0.3) is 10.9 Å². The molecule has 1 aliphatic heterocycles. The Kier molecular flexibility index (Phi) is 6.49. The summed E-state index contributed by atoms with van der Waals surface area (Å²) in [6.45, 7) is 8.59. The van der Waals surface area contributed by atoms with Crippen LogP contribution in [0.4, 0.5) is 0 Å². The number of pyridine rings is 1. The zero-order valence-corrected chi connectivity index (χ0v) is 18.4. The van der Waals surface area contributed by atoms with Crippen molar-refractivity contribution in [3.05, 3.63) is 70.9 Å². The largest absolute Gasteiger partial charge is 0.497 e. The number of carbonyl (C=O) groups excluding carboxylic acids is 1. The van der Waals surface area contributed by atoms with Crippen LogP contribution in [-0.2, 0) is 6.54 Å². The summed E-state index contributed by atoms with van der Waals surface area (Å²) in [5, 5.41) is 7.49. The number of aryl methyl sites for hydroxylation is 1. The molecule has 4 rings (SSSR count). The summed E-state index contributed by atoms with van der Waals surface area (Å²) in [5.41, 5.74) is 4.51. The lowest BCUT2D eigenvalue weighted by Gasteiger charge is -2.29. The highest BCUT2D eigenvalue weighted by Crippen LogP contribution is 2.26. The third-order valence-electron chi connectivity index (χ3n) is 5.96. The molecule has 2 N–H and O–H groups in total. The van der Waals surface area contributed by atoms with Gasteiger partial charge in [0.1, 0.15) is 5.75 Å². The van der Waals surface area contributed by atoms with Crippen molar-refractivity contribution in [2.45, 2.75) is 26.4 Å². The van der Waals surface area contributed by atoms with Crippen molar-refractivity contribution < 1.29 is 9.53 Å². The molecular formula is C25H30N4O2. The molecule has 6 heteroatoms. The predicted octanol–water partition coefficient (Wildman–Crippen LogP) is 3.45. The summed E-state index contributed by atoms with van der Waals surface area (Å²) in [6, 6.07) is 15.6. The standard InChI is InChI=1S/C25H30N4O2/c1-17(19-7-6-8-20(15-19)31-3)28-25(30)24-21-9-4-5-10-23(21)27-18(2)22(24)16-29-13-11-26-12-14-29/h4-10,15,17,26H,11-14,16H2,1-3H3,(H,28,30)/t17-/m0/s1. The van der Waals surface area contributed by atoms with Gasteiger partial charge in [-0.2, -0.15) is 0 Å². The minimum Gasteiger partial charge on any atom is -0.497 e. The number of fused-ring (bicyclic) bond motifs is 1. The van der Waals surface area contributed by atoms with Gasteiger partial charge < -0.3 is 15.4 Å². The molecule has 0 radical (unpaired) electrons. The number of ether oxygens (including phenoxy) is 1. The molecule has 31 heavy (non-hydrogen) atoms. The van der Waals surface area contributed by atoms with Gasteiger partial charge in [-0.1, -0.05) is 30.3 Å². The number of benzene rings is 2.